The van der Waals surface area contributed by atoms with E-state index in [1.807, 2.05) is 72.2 Å². The lowest BCUT2D eigenvalue weighted by Crippen LogP contribution is -2.53. The molecule has 29 heavy (non-hydrogen) atoms. The lowest BCUT2D eigenvalue weighted by Gasteiger charge is -2.37. The van der Waals surface area contributed by atoms with Crippen molar-refractivity contribution in [2.24, 2.45) is 0 Å². The fourth-order valence-corrected chi connectivity index (χ4v) is 4.21. The molecule has 6 nitrogen and oxygen atoms in total. The summed E-state index contributed by atoms with van der Waals surface area (Å²) in [6, 6.07) is 14.5. The third-order valence-electron chi connectivity index (χ3n) is 5.78. The van der Waals surface area contributed by atoms with Gasteiger partial charge in [0.25, 0.3) is 11.8 Å². The molecule has 1 atom stereocenters. The average molecular weight is 391 g/mol. The van der Waals surface area contributed by atoms with E-state index in [0.29, 0.717) is 37.4 Å². The van der Waals surface area contributed by atoms with Crippen LogP contribution in [0.5, 0.6) is 0 Å². The highest BCUT2D eigenvalue weighted by molar-refractivity contribution is 6.22. The molecule has 2 aliphatic rings. The molecule has 0 bridgehead atoms. The minimum atomic E-state index is -0.447. The highest BCUT2D eigenvalue weighted by Crippen LogP contribution is 2.29. The standard InChI is InChI=1S/C23H25N3O3/c1-16-8-9-19(17(2)14-16)26-21(27)15-20(23(26)29)24-10-12-25(13-11-24)22(28)18-6-4-3-5-7-18/h3-9,14,20H,10-13,15H2,1-2H3/t20-/m0/s1. The van der Waals surface area contributed by atoms with Crippen LogP contribution in [0, 0.1) is 13.8 Å². The summed E-state index contributed by atoms with van der Waals surface area (Å²) in [6.45, 7) is 6.18. The summed E-state index contributed by atoms with van der Waals surface area (Å²) < 4.78 is 0. The number of benzene rings is 2. The number of carbonyl (C=O) groups excluding carboxylic acids is 3. The van der Waals surface area contributed by atoms with Crippen molar-refractivity contribution in [3.05, 3.63) is 65.2 Å². The van der Waals surface area contributed by atoms with Gasteiger partial charge in [-0.1, -0.05) is 35.9 Å². The molecule has 150 valence electrons. The third kappa shape index (κ3) is 3.68. The summed E-state index contributed by atoms with van der Waals surface area (Å²) in [5.41, 5.74) is 3.37. The van der Waals surface area contributed by atoms with Crippen LogP contribution in [0.4, 0.5) is 5.69 Å². The zero-order valence-electron chi connectivity index (χ0n) is 16.8. The van der Waals surface area contributed by atoms with Crippen LogP contribution < -0.4 is 4.90 Å². The molecule has 0 aromatic heterocycles. The number of amides is 3. The number of carbonyl (C=O) groups is 3. The molecule has 2 aromatic rings. The smallest absolute Gasteiger partial charge is 0.253 e. The zero-order valence-corrected chi connectivity index (χ0v) is 16.8. The van der Waals surface area contributed by atoms with Gasteiger partial charge >= 0.3 is 0 Å². The van der Waals surface area contributed by atoms with E-state index in [-0.39, 0.29) is 24.1 Å². The minimum absolute atomic E-state index is 0.0102. The fraction of sp³-hybridized carbons (Fsp3) is 0.348. The van der Waals surface area contributed by atoms with E-state index in [0.717, 1.165) is 11.1 Å². The highest BCUT2D eigenvalue weighted by atomic mass is 16.2. The predicted molar refractivity (Wildman–Crippen MR) is 111 cm³/mol. The first-order chi connectivity index (χ1) is 14.0. The van der Waals surface area contributed by atoms with Crippen molar-refractivity contribution in [3.63, 3.8) is 0 Å². The summed E-state index contributed by atoms with van der Waals surface area (Å²) in [5.74, 6) is -0.310. The number of imide groups is 1. The number of hydrogen-bond donors (Lipinski definition) is 0. The maximum atomic E-state index is 13.1. The Hall–Kier alpha value is -2.99. The van der Waals surface area contributed by atoms with Gasteiger partial charge in [-0.2, -0.15) is 0 Å². The molecule has 6 heteroatoms. The normalized spacial score (nSPS) is 20.4. The first-order valence-electron chi connectivity index (χ1n) is 9.98. The van der Waals surface area contributed by atoms with Crippen LogP contribution >= 0.6 is 0 Å². The van der Waals surface area contributed by atoms with Gasteiger partial charge in [-0.3, -0.25) is 19.3 Å². The number of nitrogens with zero attached hydrogens (tertiary/aromatic N) is 3. The SMILES string of the molecule is Cc1ccc(N2C(=O)C[C@H](N3CCN(C(=O)c4ccccc4)CC3)C2=O)c(C)c1. The molecule has 4 rings (SSSR count). The lowest BCUT2D eigenvalue weighted by atomic mass is 10.1. The molecule has 2 fully saturated rings. The highest BCUT2D eigenvalue weighted by Gasteiger charge is 2.44. The van der Waals surface area contributed by atoms with Crippen LogP contribution in [-0.2, 0) is 9.59 Å². The fourth-order valence-electron chi connectivity index (χ4n) is 4.21. The van der Waals surface area contributed by atoms with Gasteiger partial charge in [-0.25, -0.2) is 4.90 Å². The van der Waals surface area contributed by atoms with E-state index in [4.69, 9.17) is 0 Å². The molecule has 0 saturated carbocycles. The van der Waals surface area contributed by atoms with Gasteiger partial charge < -0.3 is 4.90 Å². The van der Waals surface area contributed by atoms with Gasteiger partial charge in [-0.05, 0) is 37.6 Å². The monoisotopic (exact) mass is 391 g/mol. The number of hydrogen-bond acceptors (Lipinski definition) is 4. The van der Waals surface area contributed by atoms with E-state index >= 15 is 0 Å². The van der Waals surface area contributed by atoms with Crippen molar-refractivity contribution >= 4 is 23.4 Å². The van der Waals surface area contributed by atoms with Crippen LogP contribution in [0.15, 0.2) is 48.5 Å². The number of aryl methyl sites for hydroxylation is 2. The van der Waals surface area contributed by atoms with Gasteiger partial charge in [-0.15, -0.1) is 0 Å². The number of rotatable bonds is 3. The first kappa shape index (κ1) is 19.3. The minimum Gasteiger partial charge on any atom is -0.336 e. The van der Waals surface area contributed by atoms with E-state index in [2.05, 4.69) is 0 Å². The van der Waals surface area contributed by atoms with E-state index < -0.39 is 6.04 Å². The molecule has 2 aliphatic heterocycles. The maximum Gasteiger partial charge on any atom is 0.253 e. The Bertz CT molecular complexity index is 949. The quantitative estimate of drug-likeness (QED) is 0.754. The van der Waals surface area contributed by atoms with Gasteiger partial charge in [0.15, 0.2) is 0 Å². The molecule has 2 saturated heterocycles. The van der Waals surface area contributed by atoms with Crippen LogP contribution in [-0.4, -0.2) is 59.7 Å². The largest absolute Gasteiger partial charge is 0.336 e. The summed E-state index contributed by atoms with van der Waals surface area (Å²) in [7, 11) is 0. The van der Waals surface area contributed by atoms with Gasteiger partial charge in [0.1, 0.15) is 0 Å². The maximum absolute atomic E-state index is 13.1. The Morgan fingerprint density at radius 1 is 0.931 bits per heavy atom. The van der Waals surface area contributed by atoms with Crippen LogP contribution in [0.1, 0.15) is 27.9 Å². The number of piperazine rings is 1. The second-order valence-electron chi connectivity index (χ2n) is 7.77. The van der Waals surface area contributed by atoms with E-state index in [9.17, 15) is 14.4 Å². The Balaban J connectivity index is 1.43. The summed E-state index contributed by atoms with van der Waals surface area (Å²) in [4.78, 5) is 43.5. The number of anilines is 1. The van der Waals surface area contributed by atoms with Gasteiger partial charge in [0.2, 0.25) is 5.91 Å². The van der Waals surface area contributed by atoms with Gasteiger partial charge in [0, 0.05) is 31.7 Å². The molecular weight excluding hydrogens is 366 g/mol. The Kier molecular flexibility index (Phi) is 5.20. The molecule has 0 spiro atoms. The van der Waals surface area contributed by atoms with Crippen molar-refractivity contribution in [1.29, 1.82) is 0 Å². The van der Waals surface area contributed by atoms with Crippen molar-refractivity contribution in [2.45, 2.75) is 26.3 Å². The van der Waals surface area contributed by atoms with Crippen LogP contribution in [0.2, 0.25) is 0 Å². The van der Waals surface area contributed by atoms with Crippen molar-refractivity contribution in [3.8, 4) is 0 Å². The molecule has 0 aliphatic carbocycles. The van der Waals surface area contributed by atoms with E-state index in [1.165, 1.54) is 4.90 Å². The molecule has 0 unspecified atom stereocenters. The predicted octanol–water partition coefficient (Wildman–Crippen LogP) is 2.39. The van der Waals surface area contributed by atoms with E-state index in [1.54, 1.807) is 0 Å². The topological polar surface area (TPSA) is 60.9 Å². The molecule has 0 radical (unpaired) electrons. The second kappa shape index (κ2) is 7.79. The van der Waals surface area contributed by atoms with Crippen molar-refractivity contribution in [1.82, 2.24) is 9.80 Å². The second-order valence-corrected chi connectivity index (χ2v) is 7.77. The molecule has 0 N–H and O–H groups in total. The molecular formula is C23H25N3O3. The summed E-state index contributed by atoms with van der Waals surface area (Å²) in [6.07, 6.45) is 0.193. The van der Waals surface area contributed by atoms with Crippen LogP contribution in [0.3, 0.4) is 0 Å². The summed E-state index contributed by atoms with van der Waals surface area (Å²) >= 11 is 0. The molecule has 3 amide bonds. The van der Waals surface area contributed by atoms with Crippen molar-refractivity contribution < 1.29 is 14.4 Å². The third-order valence-corrected chi connectivity index (χ3v) is 5.78. The molecule has 2 aromatic carbocycles. The zero-order chi connectivity index (χ0) is 20.5. The average Bonchev–Trinajstić information content (AvgIpc) is 3.02. The van der Waals surface area contributed by atoms with Gasteiger partial charge in [0.05, 0.1) is 18.2 Å². The lowest BCUT2D eigenvalue weighted by molar-refractivity contribution is -0.123. The first-order valence-corrected chi connectivity index (χ1v) is 9.98. The Morgan fingerprint density at radius 2 is 1.62 bits per heavy atom. The Labute approximate surface area is 170 Å². The molecule has 2 heterocycles. The summed E-state index contributed by atoms with van der Waals surface area (Å²) in [5, 5.41) is 0. The Morgan fingerprint density at radius 3 is 2.28 bits per heavy atom. The van der Waals surface area contributed by atoms with Crippen molar-refractivity contribution in [2.75, 3.05) is 31.1 Å². The van der Waals surface area contributed by atoms with Crippen LogP contribution in [0.25, 0.3) is 0 Å².